The van der Waals surface area contributed by atoms with E-state index in [0.717, 1.165) is 47.6 Å². The third-order valence-corrected chi connectivity index (χ3v) is 3.28. The summed E-state index contributed by atoms with van der Waals surface area (Å²) in [6.45, 7) is 5.51. The van der Waals surface area contributed by atoms with Crippen molar-refractivity contribution >= 4 is 15.9 Å². The van der Waals surface area contributed by atoms with Gasteiger partial charge in [0.1, 0.15) is 0 Å². The number of ether oxygens (including phenoxy) is 2. The Kier molecular flexibility index (Phi) is 7.95. The first kappa shape index (κ1) is 17.3. The SMILES string of the molecule is CCCOc1c(CNCCN(C)C)cc(Br)cc1OC. The van der Waals surface area contributed by atoms with Crippen LogP contribution in [0, 0.1) is 0 Å². The molecule has 0 saturated heterocycles. The molecule has 4 nitrogen and oxygen atoms in total. The summed E-state index contributed by atoms with van der Waals surface area (Å²) in [5.74, 6) is 1.62. The number of rotatable bonds is 9. The fourth-order valence-electron chi connectivity index (χ4n) is 1.80. The van der Waals surface area contributed by atoms with Gasteiger partial charge in [-0.2, -0.15) is 0 Å². The fourth-order valence-corrected chi connectivity index (χ4v) is 2.28. The van der Waals surface area contributed by atoms with Crippen LogP contribution in [0.25, 0.3) is 0 Å². The van der Waals surface area contributed by atoms with E-state index in [-0.39, 0.29) is 0 Å². The molecular formula is C15H25BrN2O2. The summed E-state index contributed by atoms with van der Waals surface area (Å²) < 4.78 is 12.3. The number of likely N-dealkylation sites (N-methyl/N-ethyl adjacent to an activating group) is 1. The number of nitrogens with one attached hydrogen (secondary N) is 1. The van der Waals surface area contributed by atoms with Gasteiger partial charge in [0.2, 0.25) is 0 Å². The van der Waals surface area contributed by atoms with E-state index in [9.17, 15) is 0 Å². The first-order chi connectivity index (χ1) is 9.58. The third-order valence-electron chi connectivity index (χ3n) is 2.82. The van der Waals surface area contributed by atoms with Crippen LogP contribution in [0.1, 0.15) is 18.9 Å². The molecule has 1 rings (SSSR count). The molecule has 1 N–H and O–H groups in total. The maximum atomic E-state index is 5.85. The van der Waals surface area contributed by atoms with Crippen molar-refractivity contribution in [3.63, 3.8) is 0 Å². The first-order valence-electron chi connectivity index (χ1n) is 6.93. The minimum Gasteiger partial charge on any atom is -0.493 e. The van der Waals surface area contributed by atoms with Gasteiger partial charge in [0.15, 0.2) is 11.5 Å². The van der Waals surface area contributed by atoms with Gasteiger partial charge in [-0.3, -0.25) is 0 Å². The molecule has 0 aliphatic heterocycles. The van der Waals surface area contributed by atoms with E-state index in [1.807, 2.05) is 6.07 Å². The Morgan fingerprint density at radius 2 is 2.05 bits per heavy atom. The summed E-state index contributed by atoms with van der Waals surface area (Å²) in [7, 11) is 5.81. The van der Waals surface area contributed by atoms with Gasteiger partial charge in [0.25, 0.3) is 0 Å². The predicted molar refractivity (Wildman–Crippen MR) is 86.7 cm³/mol. The van der Waals surface area contributed by atoms with E-state index in [1.165, 1.54) is 0 Å². The summed E-state index contributed by atoms with van der Waals surface area (Å²) in [5.41, 5.74) is 1.11. The van der Waals surface area contributed by atoms with Crippen molar-refractivity contribution in [3.05, 3.63) is 22.2 Å². The lowest BCUT2D eigenvalue weighted by atomic mass is 10.2. The first-order valence-corrected chi connectivity index (χ1v) is 7.72. The molecule has 0 radical (unpaired) electrons. The number of hydrogen-bond acceptors (Lipinski definition) is 4. The van der Waals surface area contributed by atoms with E-state index in [0.29, 0.717) is 6.61 Å². The second-order valence-electron chi connectivity index (χ2n) is 4.92. The molecule has 0 aliphatic carbocycles. The van der Waals surface area contributed by atoms with E-state index in [1.54, 1.807) is 7.11 Å². The molecule has 114 valence electrons. The minimum atomic E-state index is 0.697. The Balaban J connectivity index is 2.77. The molecule has 0 bridgehead atoms. The van der Waals surface area contributed by atoms with Gasteiger partial charge in [-0.15, -0.1) is 0 Å². The summed E-state index contributed by atoms with van der Waals surface area (Å²) in [6.07, 6.45) is 0.979. The Hall–Kier alpha value is -0.780. The van der Waals surface area contributed by atoms with Gasteiger partial charge in [0.05, 0.1) is 13.7 Å². The standard InChI is InChI=1S/C15H25BrN2O2/c1-5-8-20-15-12(11-17-6-7-18(2)3)9-13(16)10-14(15)19-4/h9-10,17H,5-8,11H2,1-4H3. The second kappa shape index (κ2) is 9.21. The van der Waals surface area contributed by atoms with Crippen LogP contribution < -0.4 is 14.8 Å². The molecular weight excluding hydrogens is 320 g/mol. The van der Waals surface area contributed by atoms with Crippen molar-refractivity contribution in [1.82, 2.24) is 10.2 Å². The summed E-state index contributed by atoms with van der Waals surface area (Å²) in [6, 6.07) is 4.02. The van der Waals surface area contributed by atoms with Crippen LogP contribution in [-0.2, 0) is 6.54 Å². The number of nitrogens with zero attached hydrogens (tertiary/aromatic N) is 1. The topological polar surface area (TPSA) is 33.7 Å². The highest BCUT2D eigenvalue weighted by atomic mass is 79.9. The lowest BCUT2D eigenvalue weighted by Crippen LogP contribution is -2.26. The Morgan fingerprint density at radius 3 is 2.65 bits per heavy atom. The summed E-state index contributed by atoms with van der Waals surface area (Å²) in [5, 5.41) is 3.43. The van der Waals surface area contributed by atoms with Crippen molar-refractivity contribution in [1.29, 1.82) is 0 Å². The third kappa shape index (κ3) is 5.69. The quantitative estimate of drug-likeness (QED) is 0.698. The molecule has 0 saturated carbocycles. The van der Waals surface area contributed by atoms with Crippen molar-refractivity contribution < 1.29 is 9.47 Å². The van der Waals surface area contributed by atoms with Crippen LogP contribution in [-0.4, -0.2) is 45.8 Å². The summed E-state index contributed by atoms with van der Waals surface area (Å²) in [4.78, 5) is 2.16. The zero-order valence-electron chi connectivity index (χ0n) is 12.8. The molecule has 0 atom stereocenters. The van der Waals surface area contributed by atoms with Crippen LogP contribution in [0.5, 0.6) is 11.5 Å². The number of benzene rings is 1. The van der Waals surface area contributed by atoms with Crippen LogP contribution >= 0.6 is 15.9 Å². The Morgan fingerprint density at radius 1 is 1.30 bits per heavy atom. The van der Waals surface area contributed by atoms with Crippen LogP contribution in [0.3, 0.4) is 0 Å². The molecule has 1 aromatic rings. The van der Waals surface area contributed by atoms with Crippen molar-refractivity contribution in [2.45, 2.75) is 19.9 Å². The van der Waals surface area contributed by atoms with Crippen LogP contribution in [0.4, 0.5) is 0 Å². The lowest BCUT2D eigenvalue weighted by Gasteiger charge is -2.16. The molecule has 0 fully saturated rings. The minimum absolute atomic E-state index is 0.697. The van der Waals surface area contributed by atoms with Gasteiger partial charge in [0, 0.05) is 29.7 Å². The van der Waals surface area contributed by atoms with Gasteiger partial charge >= 0.3 is 0 Å². The molecule has 0 aliphatic rings. The lowest BCUT2D eigenvalue weighted by molar-refractivity contribution is 0.290. The van der Waals surface area contributed by atoms with E-state index in [4.69, 9.17) is 9.47 Å². The fraction of sp³-hybridized carbons (Fsp3) is 0.600. The molecule has 1 aromatic carbocycles. The number of methoxy groups -OCH3 is 1. The van der Waals surface area contributed by atoms with Crippen molar-refractivity contribution in [3.8, 4) is 11.5 Å². The highest BCUT2D eigenvalue weighted by molar-refractivity contribution is 9.10. The zero-order valence-corrected chi connectivity index (χ0v) is 14.4. The van der Waals surface area contributed by atoms with Gasteiger partial charge in [-0.1, -0.05) is 22.9 Å². The smallest absolute Gasteiger partial charge is 0.165 e. The second-order valence-corrected chi connectivity index (χ2v) is 5.84. The largest absolute Gasteiger partial charge is 0.493 e. The zero-order chi connectivity index (χ0) is 15.0. The van der Waals surface area contributed by atoms with Crippen molar-refractivity contribution in [2.75, 3.05) is 40.9 Å². The average molecular weight is 345 g/mol. The highest BCUT2D eigenvalue weighted by Crippen LogP contribution is 2.35. The monoisotopic (exact) mass is 344 g/mol. The number of hydrogen-bond donors (Lipinski definition) is 1. The summed E-state index contributed by atoms with van der Waals surface area (Å²) >= 11 is 3.52. The van der Waals surface area contributed by atoms with Gasteiger partial charge in [-0.05, 0) is 32.6 Å². The average Bonchev–Trinajstić information content (AvgIpc) is 2.41. The maximum absolute atomic E-state index is 5.85. The Bertz CT molecular complexity index is 411. The maximum Gasteiger partial charge on any atom is 0.165 e. The Labute approximate surface area is 130 Å². The predicted octanol–water partition coefficient (Wildman–Crippen LogP) is 2.90. The molecule has 0 heterocycles. The molecule has 0 spiro atoms. The van der Waals surface area contributed by atoms with E-state index >= 15 is 0 Å². The normalized spacial score (nSPS) is 10.9. The van der Waals surface area contributed by atoms with E-state index < -0.39 is 0 Å². The molecule has 20 heavy (non-hydrogen) atoms. The molecule has 5 heteroatoms. The van der Waals surface area contributed by atoms with Gasteiger partial charge in [-0.25, -0.2) is 0 Å². The molecule has 0 aromatic heterocycles. The van der Waals surface area contributed by atoms with Gasteiger partial charge < -0.3 is 19.7 Å². The number of halogens is 1. The molecule has 0 amide bonds. The van der Waals surface area contributed by atoms with Crippen molar-refractivity contribution in [2.24, 2.45) is 0 Å². The van der Waals surface area contributed by atoms with Crippen LogP contribution in [0.2, 0.25) is 0 Å². The van der Waals surface area contributed by atoms with E-state index in [2.05, 4.69) is 53.2 Å². The highest BCUT2D eigenvalue weighted by Gasteiger charge is 2.12. The van der Waals surface area contributed by atoms with Crippen LogP contribution in [0.15, 0.2) is 16.6 Å². The molecule has 0 unspecified atom stereocenters.